The Hall–Kier alpha value is -2.65. The minimum absolute atomic E-state index is 0.189. The number of halogens is 3. The number of nitrogens with zero attached hydrogens (tertiary/aromatic N) is 4. The van der Waals surface area contributed by atoms with Gasteiger partial charge in [-0.1, -0.05) is 6.07 Å². The Morgan fingerprint density at radius 1 is 1.12 bits per heavy atom. The summed E-state index contributed by atoms with van der Waals surface area (Å²) in [6.45, 7) is 6.10. The molecule has 2 atom stereocenters. The second-order valence-electron chi connectivity index (χ2n) is 9.81. The summed E-state index contributed by atoms with van der Waals surface area (Å²) in [6, 6.07) is 10.7. The van der Waals surface area contributed by atoms with E-state index in [1.54, 1.807) is 6.07 Å². The fraction of sp³-hybridized carbons (Fsp3) is 0.440. The van der Waals surface area contributed by atoms with E-state index in [9.17, 15) is 13.2 Å². The number of aromatic nitrogens is 3. The zero-order valence-corrected chi connectivity index (χ0v) is 19.7. The van der Waals surface area contributed by atoms with Crippen LogP contribution in [-0.2, 0) is 6.42 Å². The zero-order valence-electron chi connectivity index (χ0n) is 18.9. The maximum absolute atomic E-state index is 12.9. The summed E-state index contributed by atoms with van der Waals surface area (Å²) < 4.78 is 38.7. The molecule has 9 heteroatoms. The highest BCUT2D eigenvalue weighted by atomic mass is 32.1. The molecule has 1 N–H and O–H groups in total. The molecule has 0 bridgehead atoms. The molecule has 2 saturated heterocycles. The van der Waals surface area contributed by atoms with Gasteiger partial charge < -0.3 is 9.88 Å². The predicted molar refractivity (Wildman–Crippen MR) is 129 cm³/mol. The number of anilines is 1. The Balaban J connectivity index is 1.19. The van der Waals surface area contributed by atoms with E-state index >= 15 is 0 Å². The Labute approximate surface area is 199 Å². The standard InChI is InChI=1S/C25H26F3N5S/c1-16(17-2-3-21-18(10-17)4-7-29-21)32-8-5-24(13-32)6-9-33(14-24)22-20-11-19(12-25(26,27)28)34-23(20)31-15-30-22/h2-4,7,10-11,15-16,29H,5-6,8-9,12-14H2,1H3. The second kappa shape index (κ2) is 7.95. The summed E-state index contributed by atoms with van der Waals surface area (Å²) in [4.78, 5) is 17.7. The molecule has 5 heterocycles. The van der Waals surface area contributed by atoms with Crippen LogP contribution >= 0.6 is 11.3 Å². The monoisotopic (exact) mass is 485 g/mol. The average molecular weight is 486 g/mol. The number of likely N-dealkylation sites (tertiary alicyclic amines) is 1. The molecule has 3 aromatic heterocycles. The summed E-state index contributed by atoms with van der Waals surface area (Å²) in [6.07, 6.45) is 0.508. The molecule has 6 rings (SSSR count). The molecule has 2 aliphatic rings. The molecule has 2 aliphatic heterocycles. The number of benzene rings is 1. The highest BCUT2D eigenvalue weighted by molar-refractivity contribution is 7.18. The van der Waals surface area contributed by atoms with Crippen LogP contribution in [0.15, 0.2) is 42.9 Å². The van der Waals surface area contributed by atoms with Crippen molar-refractivity contribution in [1.29, 1.82) is 0 Å². The van der Waals surface area contributed by atoms with Crippen molar-refractivity contribution in [3.8, 4) is 0 Å². The average Bonchev–Trinajstić information content (AvgIpc) is 3.58. The van der Waals surface area contributed by atoms with E-state index < -0.39 is 12.6 Å². The van der Waals surface area contributed by atoms with Gasteiger partial charge in [0.25, 0.3) is 0 Å². The summed E-state index contributed by atoms with van der Waals surface area (Å²) >= 11 is 1.12. The van der Waals surface area contributed by atoms with Gasteiger partial charge in [-0.2, -0.15) is 13.2 Å². The second-order valence-corrected chi connectivity index (χ2v) is 10.9. The van der Waals surface area contributed by atoms with E-state index in [4.69, 9.17) is 0 Å². The van der Waals surface area contributed by atoms with Crippen LogP contribution in [-0.4, -0.2) is 52.2 Å². The van der Waals surface area contributed by atoms with Crippen LogP contribution in [0.3, 0.4) is 0 Å². The maximum atomic E-state index is 12.9. The lowest BCUT2D eigenvalue weighted by Crippen LogP contribution is -2.32. The summed E-state index contributed by atoms with van der Waals surface area (Å²) in [7, 11) is 0. The van der Waals surface area contributed by atoms with E-state index in [-0.39, 0.29) is 5.41 Å². The van der Waals surface area contributed by atoms with Gasteiger partial charge in [0.05, 0.1) is 11.8 Å². The lowest BCUT2D eigenvalue weighted by atomic mass is 9.86. The van der Waals surface area contributed by atoms with E-state index in [2.05, 4.69) is 55.9 Å². The Morgan fingerprint density at radius 2 is 1.97 bits per heavy atom. The highest BCUT2D eigenvalue weighted by Crippen LogP contribution is 2.45. The topological polar surface area (TPSA) is 48.1 Å². The largest absolute Gasteiger partial charge is 0.393 e. The van der Waals surface area contributed by atoms with Gasteiger partial charge in [0.15, 0.2) is 0 Å². The summed E-state index contributed by atoms with van der Waals surface area (Å²) in [5, 5.41) is 1.98. The molecule has 0 radical (unpaired) electrons. The first-order chi connectivity index (χ1) is 16.3. The van der Waals surface area contributed by atoms with E-state index in [0.717, 1.165) is 67.1 Å². The van der Waals surface area contributed by atoms with Gasteiger partial charge in [-0.05, 0) is 61.5 Å². The number of H-pyrrole nitrogens is 1. The summed E-state index contributed by atoms with van der Waals surface area (Å²) in [5.74, 6) is 0.774. The Bertz CT molecular complexity index is 1350. The molecule has 2 fully saturated rings. The molecule has 1 spiro atoms. The third-order valence-electron chi connectivity index (χ3n) is 7.55. The summed E-state index contributed by atoms with van der Waals surface area (Å²) in [5.41, 5.74) is 2.67. The Morgan fingerprint density at radius 3 is 2.82 bits per heavy atom. The molecule has 4 aromatic rings. The van der Waals surface area contributed by atoms with E-state index in [0.29, 0.717) is 15.7 Å². The predicted octanol–water partition coefficient (Wildman–Crippen LogP) is 5.94. The van der Waals surface area contributed by atoms with Gasteiger partial charge >= 0.3 is 6.18 Å². The van der Waals surface area contributed by atoms with Crippen LogP contribution in [0.25, 0.3) is 21.1 Å². The van der Waals surface area contributed by atoms with Crippen molar-refractivity contribution in [3.63, 3.8) is 0 Å². The first-order valence-corrected chi connectivity index (χ1v) is 12.5. The molecule has 178 valence electrons. The van der Waals surface area contributed by atoms with Gasteiger partial charge in [0, 0.05) is 47.7 Å². The SMILES string of the molecule is CC(c1ccc2[nH]ccc2c1)N1CCC2(CCN(c3ncnc4sc(CC(F)(F)F)cc34)C2)C1. The fourth-order valence-corrected chi connectivity index (χ4v) is 6.74. The number of hydrogen-bond donors (Lipinski definition) is 1. The number of rotatable bonds is 4. The van der Waals surface area contributed by atoms with Gasteiger partial charge in [0.1, 0.15) is 17.0 Å². The van der Waals surface area contributed by atoms with Crippen molar-refractivity contribution < 1.29 is 13.2 Å². The molecule has 0 amide bonds. The number of alkyl halides is 3. The molecule has 1 aromatic carbocycles. The Kier molecular flexibility index (Phi) is 5.11. The number of fused-ring (bicyclic) bond motifs is 2. The third kappa shape index (κ3) is 3.94. The lowest BCUT2D eigenvalue weighted by molar-refractivity contribution is -0.126. The van der Waals surface area contributed by atoms with Crippen molar-refractivity contribution >= 4 is 38.3 Å². The fourth-order valence-electron chi connectivity index (χ4n) is 5.72. The van der Waals surface area contributed by atoms with Crippen LogP contribution in [0.4, 0.5) is 19.0 Å². The number of hydrogen-bond acceptors (Lipinski definition) is 5. The van der Waals surface area contributed by atoms with Crippen molar-refractivity contribution in [2.75, 3.05) is 31.1 Å². The first kappa shape index (κ1) is 21.9. The molecular weight excluding hydrogens is 459 g/mol. The molecule has 34 heavy (non-hydrogen) atoms. The quantitative estimate of drug-likeness (QED) is 0.389. The first-order valence-electron chi connectivity index (χ1n) is 11.6. The third-order valence-corrected chi connectivity index (χ3v) is 8.59. The smallest absolute Gasteiger partial charge is 0.361 e. The maximum Gasteiger partial charge on any atom is 0.393 e. The van der Waals surface area contributed by atoms with Crippen molar-refractivity contribution in [1.82, 2.24) is 19.9 Å². The normalized spacial score (nSPS) is 22.5. The molecular formula is C25H26F3N5S. The molecule has 2 unspecified atom stereocenters. The van der Waals surface area contributed by atoms with Gasteiger partial charge in [0.2, 0.25) is 0 Å². The van der Waals surface area contributed by atoms with Gasteiger partial charge in [-0.3, -0.25) is 4.90 Å². The molecule has 5 nitrogen and oxygen atoms in total. The van der Waals surface area contributed by atoms with E-state index in [1.165, 1.54) is 17.3 Å². The number of nitrogens with one attached hydrogen (secondary N) is 1. The van der Waals surface area contributed by atoms with Gasteiger partial charge in [-0.25, -0.2) is 9.97 Å². The zero-order chi connectivity index (χ0) is 23.5. The van der Waals surface area contributed by atoms with Crippen molar-refractivity contribution in [2.45, 2.75) is 38.4 Å². The number of thiophene rings is 1. The number of aromatic amines is 1. The van der Waals surface area contributed by atoms with E-state index in [1.807, 2.05) is 6.20 Å². The minimum atomic E-state index is -4.22. The molecule has 0 aliphatic carbocycles. The molecule has 0 saturated carbocycles. The van der Waals surface area contributed by atoms with Crippen LogP contribution in [0.2, 0.25) is 0 Å². The highest BCUT2D eigenvalue weighted by Gasteiger charge is 2.45. The minimum Gasteiger partial charge on any atom is -0.361 e. The van der Waals surface area contributed by atoms with Crippen molar-refractivity contribution in [2.24, 2.45) is 5.41 Å². The van der Waals surface area contributed by atoms with Crippen molar-refractivity contribution in [3.05, 3.63) is 53.3 Å². The van der Waals surface area contributed by atoms with Crippen LogP contribution < -0.4 is 4.90 Å². The lowest BCUT2D eigenvalue weighted by Gasteiger charge is -2.28. The van der Waals surface area contributed by atoms with Gasteiger partial charge in [-0.15, -0.1) is 11.3 Å². The van der Waals surface area contributed by atoms with Crippen LogP contribution in [0.1, 0.15) is 36.2 Å². The van der Waals surface area contributed by atoms with Crippen LogP contribution in [0.5, 0.6) is 0 Å². The van der Waals surface area contributed by atoms with Crippen LogP contribution in [0, 0.1) is 5.41 Å².